The third-order valence-electron chi connectivity index (χ3n) is 3.24. The first-order valence-corrected chi connectivity index (χ1v) is 7.13. The molecule has 0 fully saturated rings. The van der Waals surface area contributed by atoms with Gasteiger partial charge in [0.25, 0.3) is 0 Å². The van der Waals surface area contributed by atoms with Gasteiger partial charge in [0.15, 0.2) is 0 Å². The van der Waals surface area contributed by atoms with Crippen LogP contribution in [0.4, 0.5) is 0 Å². The molecule has 0 spiro atoms. The molecule has 1 rings (SSSR count). The Hall–Kier alpha value is -1.02. The summed E-state index contributed by atoms with van der Waals surface area (Å²) in [6, 6.07) is 8.57. The lowest BCUT2D eigenvalue weighted by molar-refractivity contribution is 0.251. The van der Waals surface area contributed by atoms with Crippen molar-refractivity contribution in [1.29, 1.82) is 0 Å². The summed E-state index contributed by atoms with van der Waals surface area (Å²) in [5.74, 6) is 1.59. The van der Waals surface area contributed by atoms with Crippen molar-refractivity contribution in [2.45, 2.75) is 52.5 Å². The molecule has 0 aromatic heterocycles. The standard InChI is InChI=1S/C16H27NO/c1-4-7-13(3)12-18-16-9-6-8-14(11-16)10-15(17)5-2/h6,8-9,11,13,15H,4-5,7,10,12,17H2,1-3H3. The van der Waals surface area contributed by atoms with Gasteiger partial charge in [0.1, 0.15) is 5.75 Å². The normalized spacial score (nSPS) is 14.2. The van der Waals surface area contributed by atoms with E-state index in [-0.39, 0.29) is 6.04 Å². The maximum atomic E-state index is 5.98. The van der Waals surface area contributed by atoms with Crippen LogP contribution in [0.2, 0.25) is 0 Å². The first kappa shape index (κ1) is 15.0. The second-order valence-electron chi connectivity index (χ2n) is 5.22. The average molecular weight is 249 g/mol. The van der Waals surface area contributed by atoms with Gasteiger partial charge in [-0.1, -0.05) is 39.3 Å². The molecule has 0 aliphatic carbocycles. The topological polar surface area (TPSA) is 35.2 Å². The molecule has 0 amide bonds. The van der Waals surface area contributed by atoms with Crippen molar-refractivity contribution < 1.29 is 4.74 Å². The van der Waals surface area contributed by atoms with E-state index < -0.39 is 0 Å². The van der Waals surface area contributed by atoms with Crippen LogP contribution in [0.25, 0.3) is 0 Å². The van der Waals surface area contributed by atoms with Crippen molar-refractivity contribution >= 4 is 0 Å². The van der Waals surface area contributed by atoms with Crippen molar-refractivity contribution in [2.24, 2.45) is 11.7 Å². The summed E-state index contributed by atoms with van der Waals surface area (Å²) >= 11 is 0. The van der Waals surface area contributed by atoms with Crippen LogP contribution < -0.4 is 10.5 Å². The summed E-state index contributed by atoms with van der Waals surface area (Å²) in [6.45, 7) is 7.37. The molecule has 0 bridgehead atoms. The minimum absolute atomic E-state index is 0.249. The van der Waals surface area contributed by atoms with Crippen LogP contribution in [0.1, 0.15) is 45.6 Å². The van der Waals surface area contributed by atoms with E-state index in [1.54, 1.807) is 0 Å². The molecule has 2 heteroatoms. The molecule has 102 valence electrons. The molecule has 18 heavy (non-hydrogen) atoms. The Morgan fingerprint density at radius 1 is 1.28 bits per heavy atom. The quantitative estimate of drug-likeness (QED) is 0.761. The molecule has 1 aromatic carbocycles. The Labute approximate surface area is 112 Å². The van der Waals surface area contributed by atoms with Gasteiger partial charge in [-0.2, -0.15) is 0 Å². The number of rotatable bonds is 8. The predicted octanol–water partition coefficient (Wildman–Crippen LogP) is 3.78. The predicted molar refractivity (Wildman–Crippen MR) is 78.0 cm³/mol. The molecule has 0 saturated heterocycles. The lowest BCUT2D eigenvalue weighted by Crippen LogP contribution is -2.21. The number of benzene rings is 1. The first-order chi connectivity index (χ1) is 8.65. The Bertz CT molecular complexity index is 338. The number of nitrogens with two attached hydrogens (primary N) is 1. The molecule has 2 nitrogen and oxygen atoms in total. The third-order valence-corrected chi connectivity index (χ3v) is 3.24. The Morgan fingerprint density at radius 2 is 2.06 bits per heavy atom. The Kier molecular flexibility index (Phi) is 6.81. The van der Waals surface area contributed by atoms with Crippen molar-refractivity contribution in [1.82, 2.24) is 0 Å². The monoisotopic (exact) mass is 249 g/mol. The van der Waals surface area contributed by atoms with Gasteiger partial charge in [-0.25, -0.2) is 0 Å². The van der Waals surface area contributed by atoms with E-state index in [0.717, 1.165) is 25.2 Å². The minimum Gasteiger partial charge on any atom is -0.493 e. The lowest BCUT2D eigenvalue weighted by Gasteiger charge is -2.14. The molecule has 0 radical (unpaired) electrons. The molecule has 0 aliphatic heterocycles. The fourth-order valence-electron chi connectivity index (χ4n) is 2.02. The Morgan fingerprint density at radius 3 is 2.72 bits per heavy atom. The SMILES string of the molecule is CCCC(C)COc1cccc(CC(N)CC)c1. The maximum Gasteiger partial charge on any atom is 0.119 e. The van der Waals surface area contributed by atoms with Crippen molar-refractivity contribution in [3.8, 4) is 5.75 Å². The van der Waals surface area contributed by atoms with Gasteiger partial charge >= 0.3 is 0 Å². The maximum absolute atomic E-state index is 5.98. The highest BCUT2D eigenvalue weighted by molar-refractivity contribution is 5.29. The van der Waals surface area contributed by atoms with Gasteiger partial charge in [-0.05, 0) is 42.9 Å². The molecule has 2 atom stereocenters. The summed E-state index contributed by atoms with van der Waals surface area (Å²) in [7, 11) is 0. The molecule has 0 saturated carbocycles. The molecule has 0 aliphatic rings. The highest BCUT2D eigenvalue weighted by Crippen LogP contribution is 2.16. The van der Waals surface area contributed by atoms with Gasteiger partial charge in [-0.15, -0.1) is 0 Å². The van der Waals surface area contributed by atoms with Crippen molar-refractivity contribution in [2.75, 3.05) is 6.61 Å². The number of ether oxygens (including phenoxy) is 1. The fourth-order valence-corrected chi connectivity index (χ4v) is 2.02. The van der Waals surface area contributed by atoms with Crippen molar-refractivity contribution in [3.05, 3.63) is 29.8 Å². The number of hydrogen-bond acceptors (Lipinski definition) is 2. The van der Waals surface area contributed by atoms with Gasteiger partial charge in [0, 0.05) is 6.04 Å². The largest absolute Gasteiger partial charge is 0.493 e. The summed E-state index contributed by atoms with van der Waals surface area (Å²) in [5, 5.41) is 0. The highest BCUT2D eigenvalue weighted by Gasteiger charge is 2.05. The second kappa shape index (κ2) is 8.15. The molecule has 2 N–H and O–H groups in total. The Balaban J connectivity index is 2.48. The van der Waals surface area contributed by atoms with E-state index in [2.05, 4.69) is 39.0 Å². The van der Waals surface area contributed by atoms with Gasteiger partial charge in [-0.3, -0.25) is 0 Å². The van der Waals surface area contributed by atoms with Crippen LogP contribution >= 0.6 is 0 Å². The van der Waals surface area contributed by atoms with Crippen LogP contribution in [-0.4, -0.2) is 12.6 Å². The summed E-state index contributed by atoms with van der Waals surface area (Å²) in [5.41, 5.74) is 7.24. The number of hydrogen-bond donors (Lipinski definition) is 1. The van der Waals surface area contributed by atoms with Gasteiger partial charge < -0.3 is 10.5 Å². The van der Waals surface area contributed by atoms with Crippen LogP contribution in [0.3, 0.4) is 0 Å². The summed E-state index contributed by atoms with van der Waals surface area (Å²) < 4.78 is 5.84. The molecular formula is C16H27NO. The molecular weight excluding hydrogens is 222 g/mol. The molecule has 0 heterocycles. The van der Waals surface area contributed by atoms with Crippen LogP contribution in [0.5, 0.6) is 5.75 Å². The van der Waals surface area contributed by atoms with Crippen LogP contribution in [-0.2, 0) is 6.42 Å². The summed E-state index contributed by atoms with van der Waals surface area (Å²) in [4.78, 5) is 0. The fraction of sp³-hybridized carbons (Fsp3) is 0.625. The van der Waals surface area contributed by atoms with E-state index in [9.17, 15) is 0 Å². The molecule has 1 aromatic rings. The smallest absolute Gasteiger partial charge is 0.119 e. The second-order valence-corrected chi connectivity index (χ2v) is 5.22. The highest BCUT2D eigenvalue weighted by atomic mass is 16.5. The van der Waals surface area contributed by atoms with Crippen LogP contribution in [0.15, 0.2) is 24.3 Å². The zero-order chi connectivity index (χ0) is 13.4. The minimum atomic E-state index is 0.249. The zero-order valence-electron chi connectivity index (χ0n) is 12.0. The van der Waals surface area contributed by atoms with E-state index in [1.165, 1.54) is 18.4 Å². The first-order valence-electron chi connectivity index (χ1n) is 7.13. The lowest BCUT2D eigenvalue weighted by atomic mass is 10.0. The van der Waals surface area contributed by atoms with Gasteiger partial charge in [0.2, 0.25) is 0 Å². The van der Waals surface area contributed by atoms with Gasteiger partial charge in [0.05, 0.1) is 6.61 Å². The summed E-state index contributed by atoms with van der Waals surface area (Å²) in [6.07, 6.45) is 4.38. The zero-order valence-corrected chi connectivity index (χ0v) is 12.0. The van der Waals surface area contributed by atoms with E-state index in [1.807, 2.05) is 6.07 Å². The van der Waals surface area contributed by atoms with E-state index >= 15 is 0 Å². The van der Waals surface area contributed by atoms with E-state index in [0.29, 0.717) is 5.92 Å². The molecule has 2 unspecified atom stereocenters. The third kappa shape index (κ3) is 5.54. The average Bonchev–Trinajstić information content (AvgIpc) is 2.37. The van der Waals surface area contributed by atoms with E-state index in [4.69, 9.17) is 10.5 Å². The van der Waals surface area contributed by atoms with Crippen molar-refractivity contribution in [3.63, 3.8) is 0 Å². The van der Waals surface area contributed by atoms with Crippen LogP contribution in [0, 0.1) is 5.92 Å².